The van der Waals surface area contributed by atoms with E-state index in [9.17, 15) is 4.21 Å². The van der Waals surface area contributed by atoms with E-state index in [1.807, 2.05) is 13.0 Å². The van der Waals surface area contributed by atoms with Crippen molar-refractivity contribution in [1.29, 1.82) is 4.78 Å². The molecule has 1 aliphatic carbocycles. The number of aromatic amines is 1. The normalized spacial score (nSPS) is 23.3. The molecule has 1 aliphatic heterocycles. The van der Waals surface area contributed by atoms with Crippen LogP contribution in [0.4, 0.5) is 5.82 Å². The summed E-state index contributed by atoms with van der Waals surface area (Å²) in [6, 6.07) is 4.21. The highest BCUT2D eigenvalue weighted by atomic mass is 32.2. The number of nitrogens with one attached hydrogen (secondary N) is 2. The molecule has 1 saturated carbocycles. The highest BCUT2D eigenvalue weighted by Crippen LogP contribution is 2.56. The fourth-order valence-corrected chi connectivity index (χ4v) is 6.64. The molecule has 2 fully saturated rings. The minimum Gasteiger partial charge on any atom is -0.377 e. The molecule has 8 nitrogen and oxygen atoms in total. The van der Waals surface area contributed by atoms with E-state index in [0.717, 1.165) is 58.1 Å². The lowest BCUT2D eigenvalue weighted by atomic mass is 10.1. The van der Waals surface area contributed by atoms with Crippen LogP contribution in [0.1, 0.15) is 31.0 Å². The number of hydrogen-bond acceptors (Lipinski definition) is 8. The minimum absolute atomic E-state index is 0.197. The summed E-state index contributed by atoms with van der Waals surface area (Å²) in [4.78, 5) is 7.24. The van der Waals surface area contributed by atoms with Crippen LogP contribution in [0.3, 0.4) is 0 Å². The van der Waals surface area contributed by atoms with Crippen LogP contribution >= 0.6 is 11.5 Å². The van der Waals surface area contributed by atoms with Gasteiger partial charge in [0.1, 0.15) is 17.0 Å². The first-order valence-electron chi connectivity index (χ1n) is 9.71. The standard InChI is InChI=1S/C19H24N6O2S2/c1-11-8-14(23-22-11)16-17-18(28-24-16)13(19(4-5-19)29(3,20)26)9-15(21-17)25-6-7-27-10-12(25)2/h8-9,12,20H,4-7,10H2,1-3H3,(H,22,23)/t12-,29?/m1/s1. The second-order valence-electron chi connectivity index (χ2n) is 8.12. The van der Waals surface area contributed by atoms with Gasteiger partial charge in [-0.3, -0.25) is 9.88 Å². The first-order chi connectivity index (χ1) is 13.8. The van der Waals surface area contributed by atoms with Gasteiger partial charge in [-0.25, -0.2) is 9.19 Å². The highest BCUT2D eigenvalue weighted by Gasteiger charge is 2.53. The Kier molecular flexibility index (Phi) is 4.24. The highest BCUT2D eigenvalue weighted by molar-refractivity contribution is 7.93. The van der Waals surface area contributed by atoms with Crippen molar-refractivity contribution in [2.24, 2.45) is 0 Å². The Morgan fingerprint density at radius 3 is 2.83 bits per heavy atom. The van der Waals surface area contributed by atoms with Crippen LogP contribution in [0.15, 0.2) is 12.1 Å². The fraction of sp³-hybridized carbons (Fsp3) is 0.526. The van der Waals surface area contributed by atoms with Crippen molar-refractivity contribution in [3.05, 3.63) is 23.4 Å². The number of H-pyrrole nitrogens is 1. The number of morpholine rings is 1. The average Bonchev–Trinajstić information content (AvgIpc) is 3.23. The quantitative estimate of drug-likeness (QED) is 0.655. The van der Waals surface area contributed by atoms with Gasteiger partial charge in [0.15, 0.2) is 0 Å². The van der Waals surface area contributed by atoms with Crippen LogP contribution in [0.2, 0.25) is 0 Å². The molecule has 0 amide bonds. The molecule has 154 valence electrons. The van der Waals surface area contributed by atoms with Crippen molar-refractivity contribution < 1.29 is 8.95 Å². The van der Waals surface area contributed by atoms with E-state index < -0.39 is 14.5 Å². The Balaban J connectivity index is 1.76. The number of rotatable bonds is 4. The van der Waals surface area contributed by atoms with Crippen molar-refractivity contribution in [2.45, 2.75) is 37.5 Å². The maximum absolute atomic E-state index is 12.9. The fourth-order valence-electron chi connectivity index (χ4n) is 4.16. The Morgan fingerprint density at radius 2 is 2.21 bits per heavy atom. The summed E-state index contributed by atoms with van der Waals surface area (Å²) in [5.41, 5.74) is 4.23. The maximum atomic E-state index is 12.9. The van der Waals surface area contributed by atoms with Crippen molar-refractivity contribution in [1.82, 2.24) is 19.6 Å². The van der Waals surface area contributed by atoms with Crippen LogP contribution in [-0.4, -0.2) is 55.8 Å². The van der Waals surface area contributed by atoms with Gasteiger partial charge in [0.2, 0.25) is 0 Å². The van der Waals surface area contributed by atoms with Crippen molar-refractivity contribution in [2.75, 3.05) is 30.9 Å². The van der Waals surface area contributed by atoms with E-state index in [1.165, 1.54) is 11.5 Å². The predicted octanol–water partition coefficient (Wildman–Crippen LogP) is 3.28. The number of anilines is 1. The van der Waals surface area contributed by atoms with Gasteiger partial charge in [-0.15, -0.1) is 0 Å². The largest absolute Gasteiger partial charge is 0.377 e. The summed E-state index contributed by atoms with van der Waals surface area (Å²) >= 11 is 1.37. The molecule has 2 aliphatic rings. The molecule has 2 atom stereocenters. The predicted molar refractivity (Wildman–Crippen MR) is 115 cm³/mol. The average molecular weight is 433 g/mol. The molecular weight excluding hydrogens is 408 g/mol. The Hall–Kier alpha value is -2.04. The number of aryl methyl sites for hydroxylation is 1. The van der Waals surface area contributed by atoms with E-state index >= 15 is 0 Å². The monoisotopic (exact) mass is 432 g/mol. The van der Waals surface area contributed by atoms with Crippen LogP contribution in [-0.2, 0) is 19.2 Å². The summed E-state index contributed by atoms with van der Waals surface area (Å²) in [6.07, 6.45) is 3.09. The van der Waals surface area contributed by atoms with Crippen molar-refractivity contribution >= 4 is 37.3 Å². The molecule has 5 rings (SSSR count). The summed E-state index contributed by atoms with van der Waals surface area (Å²) in [6.45, 7) is 6.11. The Morgan fingerprint density at radius 1 is 1.41 bits per heavy atom. The molecule has 1 saturated heterocycles. The van der Waals surface area contributed by atoms with Gasteiger partial charge in [-0.2, -0.15) is 9.47 Å². The van der Waals surface area contributed by atoms with Crippen LogP contribution in [0, 0.1) is 11.7 Å². The molecule has 0 spiro atoms. The van der Waals surface area contributed by atoms with Gasteiger partial charge >= 0.3 is 0 Å². The molecule has 0 bridgehead atoms. The molecule has 3 aromatic heterocycles. The second-order valence-corrected chi connectivity index (χ2v) is 11.4. The third-order valence-corrected chi connectivity index (χ3v) is 8.96. The van der Waals surface area contributed by atoms with Gasteiger partial charge in [-0.1, -0.05) is 0 Å². The van der Waals surface area contributed by atoms with Gasteiger partial charge < -0.3 is 9.64 Å². The van der Waals surface area contributed by atoms with Crippen LogP contribution in [0.25, 0.3) is 21.6 Å². The third kappa shape index (κ3) is 2.96. The lowest BCUT2D eigenvalue weighted by Crippen LogP contribution is -2.44. The number of ether oxygens (including phenoxy) is 1. The zero-order chi connectivity index (χ0) is 20.4. The zero-order valence-electron chi connectivity index (χ0n) is 16.7. The number of nitrogens with zero attached hydrogens (tertiary/aromatic N) is 4. The molecule has 0 radical (unpaired) electrons. The van der Waals surface area contributed by atoms with E-state index in [2.05, 4.69) is 32.5 Å². The van der Waals surface area contributed by atoms with Gasteiger partial charge in [0, 0.05) is 12.8 Å². The lowest BCUT2D eigenvalue weighted by Gasteiger charge is -2.35. The number of aromatic nitrogens is 4. The van der Waals surface area contributed by atoms with E-state index in [1.54, 1.807) is 6.26 Å². The van der Waals surface area contributed by atoms with E-state index in [4.69, 9.17) is 14.5 Å². The molecule has 29 heavy (non-hydrogen) atoms. The van der Waals surface area contributed by atoms with E-state index in [-0.39, 0.29) is 6.04 Å². The number of pyridine rings is 1. The zero-order valence-corrected chi connectivity index (χ0v) is 18.3. The molecular formula is C19H24N6O2S2. The summed E-state index contributed by atoms with van der Waals surface area (Å²) < 4.78 is 31.9. The Bertz CT molecular complexity index is 1190. The van der Waals surface area contributed by atoms with Crippen LogP contribution in [0.5, 0.6) is 0 Å². The number of fused-ring (bicyclic) bond motifs is 1. The molecule has 2 N–H and O–H groups in total. The topological polar surface area (TPSA) is 108 Å². The van der Waals surface area contributed by atoms with Crippen molar-refractivity contribution in [3.63, 3.8) is 0 Å². The molecule has 1 unspecified atom stereocenters. The first kappa shape index (κ1) is 19.0. The van der Waals surface area contributed by atoms with E-state index in [0.29, 0.717) is 13.2 Å². The van der Waals surface area contributed by atoms with Gasteiger partial charge in [-0.05, 0) is 55.9 Å². The molecule has 10 heteroatoms. The summed E-state index contributed by atoms with van der Waals surface area (Å²) in [5.74, 6) is 0.843. The third-order valence-electron chi connectivity index (χ3n) is 5.98. The summed E-state index contributed by atoms with van der Waals surface area (Å²) in [7, 11) is -2.76. The molecule has 4 heterocycles. The number of hydrogen-bond donors (Lipinski definition) is 2. The maximum Gasteiger partial charge on any atom is 0.130 e. The molecule has 3 aromatic rings. The second kappa shape index (κ2) is 6.48. The van der Waals surface area contributed by atoms with Gasteiger partial charge in [0.05, 0.1) is 49.8 Å². The smallest absolute Gasteiger partial charge is 0.130 e. The first-order valence-corrected chi connectivity index (χ1v) is 12.5. The summed E-state index contributed by atoms with van der Waals surface area (Å²) in [5, 5.41) is 7.27. The SMILES string of the molecule is Cc1cc(-c2nsc3c(C4(S(C)(=N)=O)CC4)cc(N4CCOC[C@H]4C)nc23)[nH]n1. The minimum atomic E-state index is -2.76. The lowest BCUT2D eigenvalue weighted by molar-refractivity contribution is 0.0985. The molecule has 0 aromatic carbocycles. The Labute approximate surface area is 173 Å². The van der Waals surface area contributed by atoms with Gasteiger partial charge in [0.25, 0.3) is 0 Å². The van der Waals surface area contributed by atoms with Crippen LogP contribution < -0.4 is 4.90 Å². The van der Waals surface area contributed by atoms with Crippen molar-refractivity contribution in [3.8, 4) is 11.4 Å².